The van der Waals surface area contributed by atoms with Gasteiger partial charge in [-0.3, -0.25) is 0 Å². The molecule has 0 aliphatic heterocycles. The molecule has 0 radical (unpaired) electrons. The Bertz CT molecular complexity index is 447. The van der Waals surface area contributed by atoms with E-state index in [-0.39, 0.29) is 5.88 Å². The molecule has 0 spiro atoms. The zero-order chi connectivity index (χ0) is 13.0. The lowest BCUT2D eigenvalue weighted by molar-refractivity contribution is 0.0601. The van der Waals surface area contributed by atoms with Crippen molar-refractivity contribution in [2.75, 3.05) is 24.9 Å². The minimum atomic E-state index is -1.95. The van der Waals surface area contributed by atoms with Crippen molar-refractivity contribution in [1.29, 1.82) is 0 Å². The van der Waals surface area contributed by atoms with Crippen molar-refractivity contribution in [2.45, 2.75) is 6.92 Å². The first kappa shape index (κ1) is 13.7. The average molecular weight is 257 g/mol. The Morgan fingerprint density at radius 1 is 1.53 bits per heavy atom. The summed E-state index contributed by atoms with van der Waals surface area (Å²) in [5.41, 5.74) is 1.92. The molecule has 1 aromatic carbocycles. The van der Waals surface area contributed by atoms with Crippen LogP contribution >= 0.6 is 0 Å². The zero-order valence-corrected chi connectivity index (χ0v) is 10.8. The van der Waals surface area contributed by atoms with Gasteiger partial charge in [0, 0.05) is 7.05 Å². The second kappa shape index (κ2) is 5.79. The first-order chi connectivity index (χ1) is 7.95. The number of rotatable bonds is 4. The van der Waals surface area contributed by atoms with Gasteiger partial charge in [-0.05, 0) is 24.6 Å². The quantitative estimate of drug-likeness (QED) is 0.652. The van der Waals surface area contributed by atoms with Crippen LogP contribution in [0.3, 0.4) is 0 Å². The number of methoxy groups -OCH3 is 1. The molecule has 6 heteroatoms. The van der Waals surface area contributed by atoms with Crippen LogP contribution in [0.2, 0.25) is 0 Å². The van der Waals surface area contributed by atoms with E-state index in [1.54, 1.807) is 30.1 Å². The van der Waals surface area contributed by atoms with E-state index in [1.165, 1.54) is 7.11 Å². The first-order valence-electron chi connectivity index (χ1n) is 4.93. The number of anilines is 1. The van der Waals surface area contributed by atoms with E-state index in [9.17, 15) is 9.00 Å². The van der Waals surface area contributed by atoms with Crippen molar-refractivity contribution in [3.63, 3.8) is 0 Å². The van der Waals surface area contributed by atoms with E-state index >= 15 is 0 Å². The highest BCUT2D eigenvalue weighted by Gasteiger charge is 2.15. The summed E-state index contributed by atoms with van der Waals surface area (Å²) in [6, 6.07) is 5.21. The summed E-state index contributed by atoms with van der Waals surface area (Å²) in [5.74, 6) is -0.524. The molecule has 0 aromatic heterocycles. The molecule has 1 unspecified atom stereocenters. The van der Waals surface area contributed by atoms with E-state index < -0.39 is 17.0 Å². The first-order valence-corrected chi connectivity index (χ1v) is 6.21. The molecule has 0 fully saturated rings. The van der Waals surface area contributed by atoms with Crippen LogP contribution in [0.25, 0.3) is 0 Å². The Labute approximate surface area is 103 Å². The van der Waals surface area contributed by atoms with Crippen molar-refractivity contribution in [3.05, 3.63) is 29.3 Å². The van der Waals surface area contributed by atoms with Crippen LogP contribution in [0.4, 0.5) is 5.69 Å². The molecule has 0 saturated heterocycles. The molecule has 0 aliphatic carbocycles. The molecule has 0 amide bonds. The molecule has 0 saturated carbocycles. The Kier molecular flexibility index (Phi) is 4.65. The number of esters is 1. The average Bonchev–Trinajstić information content (AvgIpc) is 2.27. The lowest BCUT2D eigenvalue weighted by Gasteiger charge is -2.20. The van der Waals surface area contributed by atoms with Crippen LogP contribution in [0, 0.1) is 6.92 Å². The van der Waals surface area contributed by atoms with Crippen molar-refractivity contribution in [3.8, 4) is 0 Å². The van der Waals surface area contributed by atoms with Crippen molar-refractivity contribution in [2.24, 2.45) is 0 Å². The Morgan fingerprint density at radius 2 is 2.18 bits per heavy atom. The molecule has 94 valence electrons. The van der Waals surface area contributed by atoms with E-state index in [0.717, 1.165) is 5.56 Å². The summed E-state index contributed by atoms with van der Waals surface area (Å²) >= 11 is -1.95. The highest BCUT2D eigenvalue weighted by molar-refractivity contribution is 7.79. The maximum absolute atomic E-state index is 11.5. The fourth-order valence-corrected chi connectivity index (χ4v) is 1.95. The molecule has 1 atom stereocenters. The third-order valence-corrected chi connectivity index (χ3v) is 2.88. The number of carbonyl (C=O) groups excluding carboxylic acids is 1. The second-order valence-corrected chi connectivity index (χ2v) is 4.56. The van der Waals surface area contributed by atoms with Crippen LogP contribution in [0.5, 0.6) is 0 Å². The van der Waals surface area contributed by atoms with E-state index in [0.29, 0.717) is 11.3 Å². The molecular weight excluding hydrogens is 242 g/mol. The lowest BCUT2D eigenvalue weighted by Crippen LogP contribution is -2.24. The standard InChI is InChI=1S/C11H15NO4S/c1-8-4-5-9(11(13)16-3)10(6-8)12(2)7-17(14)15/h4-6H,7H2,1-3H3,(H,14,15). The van der Waals surface area contributed by atoms with Gasteiger partial charge < -0.3 is 14.2 Å². The van der Waals surface area contributed by atoms with Gasteiger partial charge in [0.1, 0.15) is 5.88 Å². The maximum Gasteiger partial charge on any atom is 0.339 e. The van der Waals surface area contributed by atoms with Gasteiger partial charge in [0.25, 0.3) is 0 Å². The fraction of sp³-hybridized carbons (Fsp3) is 0.364. The monoisotopic (exact) mass is 257 g/mol. The highest BCUT2D eigenvalue weighted by atomic mass is 32.2. The molecule has 17 heavy (non-hydrogen) atoms. The molecule has 1 aromatic rings. The van der Waals surface area contributed by atoms with Gasteiger partial charge in [-0.15, -0.1) is 0 Å². The third-order valence-electron chi connectivity index (χ3n) is 2.27. The van der Waals surface area contributed by atoms with Gasteiger partial charge in [0.2, 0.25) is 0 Å². The highest BCUT2D eigenvalue weighted by Crippen LogP contribution is 2.22. The van der Waals surface area contributed by atoms with E-state index in [4.69, 9.17) is 4.55 Å². The van der Waals surface area contributed by atoms with Crippen molar-refractivity contribution < 1.29 is 18.3 Å². The topological polar surface area (TPSA) is 66.8 Å². The summed E-state index contributed by atoms with van der Waals surface area (Å²) in [5, 5.41) is 0. The van der Waals surface area contributed by atoms with Crippen molar-refractivity contribution in [1.82, 2.24) is 0 Å². The predicted molar refractivity (Wildman–Crippen MR) is 66.6 cm³/mol. The molecule has 1 N–H and O–H groups in total. The number of carbonyl (C=O) groups is 1. The van der Waals surface area contributed by atoms with Gasteiger partial charge in [-0.25, -0.2) is 9.00 Å². The van der Waals surface area contributed by atoms with Crippen LogP contribution in [-0.4, -0.2) is 34.8 Å². The van der Waals surface area contributed by atoms with Crippen molar-refractivity contribution >= 4 is 22.7 Å². The van der Waals surface area contributed by atoms with Gasteiger partial charge in [-0.1, -0.05) is 6.07 Å². The molecule has 0 heterocycles. The largest absolute Gasteiger partial charge is 0.465 e. The normalized spacial score (nSPS) is 12.0. The number of benzene rings is 1. The number of hydrogen-bond acceptors (Lipinski definition) is 4. The molecule has 0 bridgehead atoms. The summed E-state index contributed by atoms with van der Waals surface area (Å²) in [7, 11) is 2.95. The molecule has 1 rings (SSSR count). The number of aryl methyl sites for hydroxylation is 1. The van der Waals surface area contributed by atoms with Gasteiger partial charge >= 0.3 is 5.97 Å². The van der Waals surface area contributed by atoms with E-state index in [1.807, 2.05) is 6.92 Å². The summed E-state index contributed by atoms with van der Waals surface area (Å²) in [6.45, 7) is 1.88. The molecular formula is C11H15NO4S. The fourth-order valence-electron chi connectivity index (χ4n) is 1.48. The predicted octanol–water partition coefficient (Wildman–Crippen LogP) is 1.40. The lowest BCUT2D eigenvalue weighted by atomic mass is 10.1. The Morgan fingerprint density at radius 3 is 2.71 bits per heavy atom. The van der Waals surface area contributed by atoms with Gasteiger partial charge in [0.05, 0.1) is 18.4 Å². The van der Waals surface area contributed by atoms with Crippen LogP contribution in [-0.2, 0) is 15.8 Å². The summed E-state index contributed by atoms with van der Waals surface area (Å²) in [6.07, 6.45) is 0. The number of ether oxygens (including phenoxy) is 1. The summed E-state index contributed by atoms with van der Waals surface area (Å²) in [4.78, 5) is 13.1. The van der Waals surface area contributed by atoms with Crippen LogP contribution in [0.1, 0.15) is 15.9 Å². The minimum absolute atomic E-state index is 0.0621. The van der Waals surface area contributed by atoms with Crippen LogP contribution < -0.4 is 4.90 Å². The third kappa shape index (κ3) is 3.54. The van der Waals surface area contributed by atoms with Gasteiger partial charge in [0.15, 0.2) is 11.1 Å². The minimum Gasteiger partial charge on any atom is -0.465 e. The smallest absolute Gasteiger partial charge is 0.339 e. The number of nitrogens with zero attached hydrogens (tertiary/aromatic N) is 1. The van der Waals surface area contributed by atoms with Gasteiger partial charge in [-0.2, -0.15) is 0 Å². The second-order valence-electron chi connectivity index (χ2n) is 3.66. The SMILES string of the molecule is COC(=O)c1ccc(C)cc1N(C)CS(=O)O. The zero-order valence-electron chi connectivity index (χ0n) is 9.97. The molecule has 5 nitrogen and oxygen atoms in total. The Hall–Kier alpha value is -1.40. The van der Waals surface area contributed by atoms with Crippen LogP contribution in [0.15, 0.2) is 18.2 Å². The van der Waals surface area contributed by atoms with E-state index in [2.05, 4.69) is 4.74 Å². The maximum atomic E-state index is 11.5. The molecule has 0 aliphatic rings. The number of hydrogen-bond donors (Lipinski definition) is 1. The Balaban J connectivity index is 3.14. The summed E-state index contributed by atoms with van der Waals surface area (Å²) < 4.78 is 24.3.